The van der Waals surface area contributed by atoms with Crippen LogP contribution in [0.5, 0.6) is 0 Å². The fourth-order valence-corrected chi connectivity index (χ4v) is 2.11. The minimum absolute atomic E-state index is 0.346. The Hall–Kier alpha value is -0.930. The van der Waals surface area contributed by atoms with Gasteiger partial charge in [0.2, 0.25) is 0 Å². The molecule has 2 atom stereocenters. The maximum absolute atomic E-state index is 5.44. The first-order chi connectivity index (χ1) is 7.42. The van der Waals surface area contributed by atoms with Crippen molar-refractivity contribution in [3.63, 3.8) is 0 Å². The van der Waals surface area contributed by atoms with Crippen LogP contribution in [-0.4, -0.2) is 24.7 Å². The predicted molar refractivity (Wildman–Crippen MR) is 59.6 cm³/mol. The van der Waals surface area contributed by atoms with E-state index in [2.05, 4.69) is 23.3 Å². The number of rotatable bonds is 4. The minimum Gasteiger partial charge on any atom is -0.381 e. The van der Waals surface area contributed by atoms with Gasteiger partial charge in [0.1, 0.15) is 0 Å². The van der Waals surface area contributed by atoms with E-state index in [1.54, 1.807) is 0 Å². The van der Waals surface area contributed by atoms with Gasteiger partial charge in [-0.1, -0.05) is 13.0 Å². The second kappa shape index (κ2) is 5.24. The molecule has 3 nitrogen and oxygen atoms in total. The first-order valence-electron chi connectivity index (χ1n) is 5.64. The zero-order valence-corrected chi connectivity index (χ0v) is 9.15. The summed E-state index contributed by atoms with van der Waals surface area (Å²) in [5.74, 6) is 0.569. The third-order valence-electron chi connectivity index (χ3n) is 2.87. The molecule has 0 bridgehead atoms. The van der Waals surface area contributed by atoms with Crippen molar-refractivity contribution in [1.82, 2.24) is 10.3 Å². The Morgan fingerprint density at radius 2 is 2.53 bits per heavy atom. The van der Waals surface area contributed by atoms with Crippen molar-refractivity contribution in [2.45, 2.75) is 19.4 Å². The van der Waals surface area contributed by atoms with E-state index in [0.717, 1.165) is 31.9 Å². The van der Waals surface area contributed by atoms with Gasteiger partial charge in [-0.15, -0.1) is 0 Å². The van der Waals surface area contributed by atoms with Gasteiger partial charge in [-0.25, -0.2) is 0 Å². The number of hydrogen-bond acceptors (Lipinski definition) is 3. The van der Waals surface area contributed by atoms with Gasteiger partial charge in [0.05, 0.1) is 18.3 Å². The summed E-state index contributed by atoms with van der Waals surface area (Å²) in [6.45, 7) is 4.84. The molecule has 1 aliphatic rings. The van der Waals surface area contributed by atoms with E-state index in [-0.39, 0.29) is 0 Å². The van der Waals surface area contributed by atoms with Crippen molar-refractivity contribution >= 4 is 0 Å². The summed E-state index contributed by atoms with van der Waals surface area (Å²) >= 11 is 0. The van der Waals surface area contributed by atoms with Crippen LogP contribution in [0.3, 0.4) is 0 Å². The molecule has 1 saturated heterocycles. The van der Waals surface area contributed by atoms with E-state index in [4.69, 9.17) is 4.74 Å². The van der Waals surface area contributed by atoms with E-state index >= 15 is 0 Å². The monoisotopic (exact) mass is 206 g/mol. The highest BCUT2D eigenvalue weighted by atomic mass is 16.5. The third-order valence-corrected chi connectivity index (χ3v) is 2.87. The summed E-state index contributed by atoms with van der Waals surface area (Å²) in [7, 11) is 0. The Bertz CT molecular complexity index is 283. The molecule has 2 rings (SSSR count). The van der Waals surface area contributed by atoms with E-state index in [0.29, 0.717) is 12.0 Å². The van der Waals surface area contributed by atoms with Gasteiger partial charge in [0.25, 0.3) is 0 Å². The predicted octanol–water partition coefficient (Wildman–Crippen LogP) is 1.77. The lowest BCUT2D eigenvalue weighted by atomic mass is 9.96. The fraction of sp³-hybridized carbons (Fsp3) is 0.583. The van der Waals surface area contributed by atoms with Gasteiger partial charge in [-0.05, 0) is 25.1 Å². The van der Waals surface area contributed by atoms with Gasteiger partial charge >= 0.3 is 0 Å². The fourth-order valence-electron chi connectivity index (χ4n) is 2.11. The van der Waals surface area contributed by atoms with Gasteiger partial charge in [0, 0.05) is 18.7 Å². The molecule has 1 fully saturated rings. The van der Waals surface area contributed by atoms with Gasteiger partial charge in [-0.3, -0.25) is 4.98 Å². The lowest BCUT2D eigenvalue weighted by Crippen LogP contribution is -2.29. The van der Waals surface area contributed by atoms with Crippen molar-refractivity contribution in [2.75, 3.05) is 19.8 Å². The van der Waals surface area contributed by atoms with Crippen LogP contribution in [0, 0.1) is 5.92 Å². The molecular weight excluding hydrogens is 188 g/mol. The zero-order valence-electron chi connectivity index (χ0n) is 9.15. The van der Waals surface area contributed by atoms with E-state index < -0.39 is 0 Å². The van der Waals surface area contributed by atoms with E-state index in [1.165, 1.54) is 0 Å². The van der Waals surface area contributed by atoms with Gasteiger partial charge < -0.3 is 10.1 Å². The number of ether oxygens (including phenoxy) is 1. The number of pyridine rings is 1. The summed E-state index contributed by atoms with van der Waals surface area (Å²) in [6.07, 6.45) is 2.99. The summed E-state index contributed by atoms with van der Waals surface area (Å²) < 4.78 is 5.44. The number of hydrogen-bond donors (Lipinski definition) is 1. The molecule has 0 radical (unpaired) electrons. The molecular formula is C12H18N2O. The second-order valence-electron chi connectivity index (χ2n) is 3.91. The Kier molecular flexibility index (Phi) is 3.69. The van der Waals surface area contributed by atoms with Crippen molar-refractivity contribution in [3.8, 4) is 0 Å². The van der Waals surface area contributed by atoms with Crippen LogP contribution in [-0.2, 0) is 4.74 Å². The number of nitrogens with one attached hydrogen (secondary N) is 1. The van der Waals surface area contributed by atoms with Crippen molar-refractivity contribution in [1.29, 1.82) is 0 Å². The molecule has 1 aromatic rings. The van der Waals surface area contributed by atoms with Crippen LogP contribution >= 0.6 is 0 Å². The average molecular weight is 206 g/mol. The van der Waals surface area contributed by atoms with E-state index in [1.807, 2.05) is 18.3 Å². The lowest BCUT2D eigenvalue weighted by molar-refractivity contribution is 0.176. The maximum atomic E-state index is 5.44. The van der Waals surface area contributed by atoms with Gasteiger partial charge in [0.15, 0.2) is 0 Å². The molecule has 0 saturated carbocycles. The van der Waals surface area contributed by atoms with Crippen LogP contribution in [0.4, 0.5) is 0 Å². The molecule has 0 amide bonds. The first-order valence-corrected chi connectivity index (χ1v) is 5.64. The SMILES string of the molecule is CCNC(c1ccccn1)C1CCOC1. The zero-order chi connectivity index (χ0) is 10.5. The normalized spacial score (nSPS) is 22.9. The summed E-state index contributed by atoms with van der Waals surface area (Å²) in [6, 6.07) is 6.44. The quantitative estimate of drug-likeness (QED) is 0.815. The highest BCUT2D eigenvalue weighted by Crippen LogP contribution is 2.27. The van der Waals surface area contributed by atoms with Gasteiger partial charge in [-0.2, -0.15) is 0 Å². The Balaban J connectivity index is 2.11. The summed E-state index contributed by atoms with van der Waals surface area (Å²) in [5.41, 5.74) is 1.13. The molecule has 82 valence electrons. The molecule has 2 unspecified atom stereocenters. The van der Waals surface area contributed by atoms with Crippen LogP contribution in [0.1, 0.15) is 25.1 Å². The molecule has 3 heteroatoms. The lowest BCUT2D eigenvalue weighted by Gasteiger charge is -2.22. The van der Waals surface area contributed by atoms with E-state index in [9.17, 15) is 0 Å². The van der Waals surface area contributed by atoms with Crippen LogP contribution < -0.4 is 5.32 Å². The Labute approximate surface area is 90.9 Å². The van der Waals surface area contributed by atoms with Crippen LogP contribution in [0.25, 0.3) is 0 Å². The molecule has 1 aliphatic heterocycles. The smallest absolute Gasteiger partial charge is 0.0576 e. The highest BCUT2D eigenvalue weighted by molar-refractivity contribution is 5.10. The first kappa shape index (κ1) is 10.6. The largest absolute Gasteiger partial charge is 0.381 e. The molecule has 0 aromatic carbocycles. The van der Waals surface area contributed by atoms with Crippen LogP contribution in [0.2, 0.25) is 0 Å². The average Bonchev–Trinajstić information content (AvgIpc) is 2.80. The molecule has 0 spiro atoms. The topological polar surface area (TPSA) is 34.2 Å². The Morgan fingerprint density at radius 3 is 3.13 bits per heavy atom. The molecule has 2 heterocycles. The highest BCUT2D eigenvalue weighted by Gasteiger charge is 2.26. The summed E-state index contributed by atoms with van der Waals surface area (Å²) in [4.78, 5) is 4.42. The van der Waals surface area contributed by atoms with Crippen molar-refractivity contribution in [3.05, 3.63) is 30.1 Å². The standard InChI is InChI=1S/C12H18N2O/c1-2-13-12(10-6-8-15-9-10)11-5-3-4-7-14-11/h3-5,7,10,12-13H,2,6,8-9H2,1H3. The minimum atomic E-state index is 0.346. The molecule has 1 aromatic heterocycles. The summed E-state index contributed by atoms with van der Waals surface area (Å²) in [5, 5.41) is 3.50. The number of nitrogens with zero attached hydrogens (tertiary/aromatic N) is 1. The molecule has 15 heavy (non-hydrogen) atoms. The van der Waals surface area contributed by atoms with Crippen LogP contribution in [0.15, 0.2) is 24.4 Å². The maximum Gasteiger partial charge on any atom is 0.0576 e. The molecule has 0 aliphatic carbocycles. The third kappa shape index (κ3) is 2.55. The van der Waals surface area contributed by atoms with Crippen molar-refractivity contribution in [2.24, 2.45) is 5.92 Å². The number of aromatic nitrogens is 1. The molecule has 1 N–H and O–H groups in total. The second-order valence-corrected chi connectivity index (χ2v) is 3.91. The van der Waals surface area contributed by atoms with Crippen molar-refractivity contribution < 1.29 is 4.74 Å². The Morgan fingerprint density at radius 1 is 1.60 bits per heavy atom.